The average Bonchev–Trinajstić information content (AvgIpc) is 3.42. The molecule has 1 fully saturated rings. The molecule has 0 aliphatic heterocycles. The van der Waals surface area contributed by atoms with Crippen LogP contribution in [0.15, 0.2) is 59.5 Å². The van der Waals surface area contributed by atoms with Crippen LogP contribution in [0.2, 0.25) is 0 Å². The molecule has 0 aromatic heterocycles. The molecule has 3 rings (SSSR count). The summed E-state index contributed by atoms with van der Waals surface area (Å²) in [5.41, 5.74) is 2.95. The minimum absolute atomic E-state index is 0.0825. The van der Waals surface area contributed by atoms with Crippen molar-refractivity contribution in [3.8, 4) is 0 Å². The van der Waals surface area contributed by atoms with E-state index in [2.05, 4.69) is 10.0 Å². The normalized spacial score (nSPS) is 14.5. The molecule has 2 aromatic carbocycles. The summed E-state index contributed by atoms with van der Waals surface area (Å²) >= 11 is 0. The highest BCUT2D eigenvalue weighted by molar-refractivity contribution is 7.89. The van der Waals surface area contributed by atoms with Gasteiger partial charge >= 0.3 is 0 Å². The Morgan fingerprint density at radius 2 is 1.88 bits per heavy atom. The fraction of sp³-hybridized carbons (Fsp3) is 0.250. The van der Waals surface area contributed by atoms with Gasteiger partial charge in [-0.05, 0) is 49.1 Å². The molecule has 0 spiro atoms. The maximum atomic E-state index is 12.1. The van der Waals surface area contributed by atoms with E-state index >= 15 is 0 Å². The van der Waals surface area contributed by atoms with E-state index in [4.69, 9.17) is 0 Å². The number of rotatable bonds is 7. The van der Waals surface area contributed by atoms with Crippen LogP contribution < -0.4 is 10.0 Å². The highest BCUT2D eigenvalue weighted by Gasteiger charge is 2.27. The van der Waals surface area contributed by atoms with E-state index in [0.29, 0.717) is 6.54 Å². The maximum Gasteiger partial charge on any atom is 0.244 e. The van der Waals surface area contributed by atoms with Crippen molar-refractivity contribution in [2.24, 2.45) is 0 Å². The monoisotopic (exact) mass is 370 g/mol. The molecule has 0 atom stereocenters. The molecule has 0 heterocycles. The fourth-order valence-corrected chi connectivity index (χ4v) is 3.77. The van der Waals surface area contributed by atoms with Crippen molar-refractivity contribution >= 4 is 22.0 Å². The minimum Gasteiger partial charge on any atom is -0.348 e. The number of hydrogen-bond acceptors (Lipinski definition) is 3. The quantitative estimate of drug-likeness (QED) is 0.736. The van der Waals surface area contributed by atoms with Crippen LogP contribution in [0.5, 0.6) is 0 Å². The van der Waals surface area contributed by atoms with Gasteiger partial charge in [-0.1, -0.05) is 42.0 Å². The van der Waals surface area contributed by atoms with Crippen molar-refractivity contribution in [1.82, 2.24) is 10.0 Å². The van der Waals surface area contributed by atoms with Gasteiger partial charge in [0.1, 0.15) is 0 Å². The number of amides is 1. The second-order valence-electron chi connectivity index (χ2n) is 6.50. The molecule has 1 amide bonds. The van der Waals surface area contributed by atoms with Crippen molar-refractivity contribution < 1.29 is 13.2 Å². The largest absolute Gasteiger partial charge is 0.348 e. The van der Waals surface area contributed by atoms with Crippen molar-refractivity contribution in [1.29, 1.82) is 0 Å². The molecule has 1 aliphatic carbocycles. The molecule has 5 nitrogen and oxygen atoms in total. The lowest BCUT2D eigenvalue weighted by atomic mass is 10.1. The minimum atomic E-state index is -3.44. The molecule has 136 valence electrons. The van der Waals surface area contributed by atoms with Gasteiger partial charge < -0.3 is 5.32 Å². The molecule has 2 aromatic rings. The number of sulfonamides is 1. The van der Waals surface area contributed by atoms with Gasteiger partial charge in [-0.15, -0.1) is 0 Å². The van der Waals surface area contributed by atoms with Crippen molar-refractivity contribution in [3.63, 3.8) is 0 Å². The first-order valence-corrected chi connectivity index (χ1v) is 10.0. The summed E-state index contributed by atoms with van der Waals surface area (Å²) in [6.45, 7) is 2.34. The molecule has 1 aliphatic rings. The molecule has 26 heavy (non-hydrogen) atoms. The lowest BCUT2D eigenvalue weighted by molar-refractivity contribution is -0.116. The third-order valence-electron chi connectivity index (χ3n) is 4.07. The summed E-state index contributed by atoms with van der Waals surface area (Å²) in [5, 5.41) is 2.79. The number of benzene rings is 2. The van der Waals surface area contributed by atoms with Gasteiger partial charge in [0.05, 0.1) is 4.90 Å². The third-order valence-corrected chi connectivity index (χ3v) is 5.61. The third kappa shape index (κ3) is 5.28. The van der Waals surface area contributed by atoms with Gasteiger partial charge in [-0.2, -0.15) is 0 Å². The molecule has 2 N–H and O–H groups in total. The van der Waals surface area contributed by atoms with Crippen LogP contribution in [-0.4, -0.2) is 20.4 Å². The van der Waals surface area contributed by atoms with Crippen LogP contribution in [-0.2, 0) is 21.4 Å². The Labute approximate surface area is 154 Å². The Kier molecular flexibility index (Phi) is 5.54. The molecule has 0 saturated heterocycles. The average molecular weight is 370 g/mol. The number of hydrogen-bond donors (Lipinski definition) is 2. The Bertz CT molecular complexity index is 914. The summed E-state index contributed by atoms with van der Waals surface area (Å²) in [7, 11) is -3.44. The summed E-state index contributed by atoms with van der Waals surface area (Å²) in [6.07, 6.45) is 5.06. The van der Waals surface area contributed by atoms with E-state index in [1.807, 2.05) is 31.2 Å². The molecule has 0 radical (unpaired) electrons. The van der Waals surface area contributed by atoms with Crippen LogP contribution in [0.3, 0.4) is 0 Å². The predicted molar refractivity (Wildman–Crippen MR) is 102 cm³/mol. The van der Waals surface area contributed by atoms with E-state index in [9.17, 15) is 13.2 Å². The predicted octanol–water partition coefficient (Wildman–Crippen LogP) is 2.77. The van der Waals surface area contributed by atoms with Gasteiger partial charge in [0.15, 0.2) is 0 Å². The first-order chi connectivity index (χ1) is 12.4. The second-order valence-corrected chi connectivity index (χ2v) is 8.22. The van der Waals surface area contributed by atoms with E-state index in [1.165, 1.54) is 6.08 Å². The van der Waals surface area contributed by atoms with Gasteiger partial charge in [-0.25, -0.2) is 13.1 Å². The van der Waals surface area contributed by atoms with Crippen LogP contribution in [0, 0.1) is 6.92 Å². The van der Waals surface area contributed by atoms with E-state index in [1.54, 1.807) is 30.3 Å². The standard InChI is InChI=1S/C20H22N2O3S/c1-15-3-2-4-16(13-15)7-12-20(23)21-14-17-5-10-19(11-6-17)26(24,25)22-18-8-9-18/h2-7,10-13,18,22H,8-9,14H2,1H3,(H,21,23)/b12-7+. The van der Waals surface area contributed by atoms with Gasteiger partial charge in [0.25, 0.3) is 0 Å². The fourth-order valence-electron chi connectivity index (χ4n) is 2.47. The summed E-state index contributed by atoms with van der Waals surface area (Å²) in [6, 6.07) is 14.5. The Balaban J connectivity index is 1.53. The summed E-state index contributed by atoms with van der Waals surface area (Å²) in [5.74, 6) is -0.196. The lowest BCUT2D eigenvalue weighted by Gasteiger charge is -2.07. The highest BCUT2D eigenvalue weighted by atomic mass is 32.2. The molecular formula is C20H22N2O3S. The van der Waals surface area contributed by atoms with Crippen molar-refractivity contribution in [3.05, 3.63) is 71.3 Å². The van der Waals surface area contributed by atoms with Crippen LogP contribution in [0.1, 0.15) is 29.5 Å². The van der Waals surface area contributed by atoms with Crippen LogP contribution in [0.25, 0.3) is 6.08 Å². The first-order valence-electron chi connectivity index (χ1n) is 8.56. The highest BCUT2D eigenvalue weighted by Crippen LogP contribution is 2.22. The lowest BCUT2D eigenvalue weighted by Crippen LogP contribution is -2.25. The Hall–Kier alpha value is -2.44. The number of nitrogens with one attached hydrogen (secondary N) is 2. The topological polar surface area (TPSA) is 75.3 Å². The number of carbonyl (C=O) groups excluding carboxylic acids is 1. The maximum absolute atomic E-state index is 12.1. The molecular weight excluding hydrogens is 348 g/mol. The van der Waals surface area contributed by atoms with E-state index in [0.717, 1.165) is 29.5 Å². The zero-order chi connectivity index (χ0) is 18.6. The molecule has 6 heteroatoms. The van der Waals surface area contributed by atoms with Crippen LogP contribution >= 0.6 is 0 Å². The van der Waals surface area contributed by atoms with E-state index in [-0.39, 0.29) is 16.8 Å². The van der Waals surface area contributed by atoms with E-state index < -0.39 is 10.0 Å². The second kappa shape index (κ2) is 7.85. The SMILES string of the molecule is Cc1cccc(/C=C/C(=O)NCc2ccc(S(=O)(=O)NC3CC3)cc2)c1. The summed E-state index contributed by atoms with van der Waals surface area (Å²) < 4.78 is 26.9. The molecule has 0 unspecified atom stereocenters. The zero-order valence-corrected chi connectivity index (χ0v) is 15.4. The Morgan fingerprint density at radius 1 is 1.15 bits per heavy atom. The van der Waals surface area contributed by atoms with Gasteiger partial charge in [0, 0.05) is 18.7 Å². The van der Waals surface area contributed by atoms with Gasteiger partial charge in [0.2, 0.25) is 15.9 Å². The molecule has 1 saturated carbocycles. The van der Waals surface area contributed by atoms with Crippen LogP contribution in [0.4, 0.5) is 0 Å². The molecule has 0 bridgehead atoms. The van der Waals surface area contributed by atoms with Crippen molar-refractivity contribution in [2.75, 3.05) is 0 Å². The Morgan fingerprint density at radius 3 is 2.54 bits per heavy atom. The smallest absolute Gasteiger partial charge is 0.244 e. The zero-order valence-electron chi connectivity index (χ0n) is 14.6. The first kappa shape index (κ1) is 18.4. The number of carbonyl (C=O) groups is 1. The van der Waals surface area contributed by atoms with Gasteiger partial charge in [-0.3, -0.25) is 4.79 Å². The number of aryl methyl sites for hydroxylation is 1. The van der Waals surface area contributed by atoms with Crippen molar-refractivity contribution in [2.45, 2.75) is 37.2 Å². The summed E-state index contributed by atoms with van der Waals surface area (Å²) in [4.78, 5) is 12.2.